The number of nitrogens with one attached hydrogen (secondary N) is 1. The molecule has 0 saturated heterocycles. The molecule has 0 bridgehead atoms. The first-order valence-corrected chi connectivity index (χ1v) is 7.23. The van der Waals surface area contributed by atoms with E-state index in [-0.39, 0.29) is 5.30 Å². The molecule has 2 aromatic rings. The molecule has 0 radical (unpaired) electrons. The Labute approximate surface area is 103 Å². The lowest BCUT2D eigenvalue weighted by Crippen LogP contribution is -2.27. The van der Waals surface area contributed by atoms with Gasteiger partial charge in [0.2, 0.25) is 7.37 Å². The molecule has 0 fully saturated rings. The third kappa shape index (κ3) is 2.17. The lowest BCUT2D eigenvalue weighted by atomic mass is 10.3. The predicted octanol–water partition coefficient (Wildman–Crippen LogP) is 1.48. The molecule has 1 aromatic carbocycles. The Morgan fingerprint density at radius 3 is 2.50 bits per heavy atom. The Morgan fingerprint density at radius 1 is 1.33 bits per heavy atom. The largest absolute Gasteiger partial charge is 0.329 e. The highest BCUT2D eigenvalue weighted by Gasteiger charge is 2.24. The van der Waals surface area contributed by atoms with Gasteiger partial charge in [0, 0.05) is 20.0 Å². The molecule has 0 spiro atoms. The van der Waals surface area contributed by atoms with Crippen LogP contribution in [0.25, 0.3) is 5.69 Å². The zero-order valence-electron chi connectivity index (χ0n) is 9.88. The van der Waals surface area contributed by atoms with Crippen molar-refractivity contribution in [1.82, 2.24) is 9.78 Å². The molecule has 1 heterocycles. The summed E-state index contributed by atoms with van der Waals surface area (Å²) in [7, 11) is -1.82. The summed E-state index contributed by atoms with van der Waals surface area (Å²) in [6.45, 7) is 1.37. The van der Waals surface area contributed by atoms with E-state index in [1.54, 1.807) is 0 Å². The van der Waals surface area contributed by atoms with Crippen LogP contribution in [0, 0.1) is 5.82 Å². The number of hydrogen-bond acceptors (Lipinski definition) is 3. The van der Waals surface area contributed by atoms with Crippen molar-refractivity contribution >= 4 is 12.7 Å². The smallest absolute Gasteiger partial charge is 0.284 e. The standard InChI is InChI=1S/C11H12FN2O3P/c1-17-18(2,16)10-7-13-14(11(10)15)9-5-3-8(12)4-6-9/h3-7,13H,1-2H3. The predicted molar refractivity (Wildman–Crippen MR) is 66.5 cm³/mol. The molecule has 0 aliphatic rings. The van der Waals surface area contributed by atoms with Gasteiger partial charge in [-0.3, -0.25) is 14.5 Å². The van der Waals surface area contributed by atoms with Crippen molar-refractivity contribution in [1.29, 1.82) is 0 Å². The van der Waals surface area contributed by atoms with E-state index in [2.05, 4.69) is 5.10 Å². The van der Waals surface area contributed by atoms with Gasteiger partial charge in [0.1, 0.15) is 11.1 Å². The van der Waals surface area contributed by atoms with Crippen molar-refractivity contribution < 1.29 is 13.5 Å². The Morgan fingerprint density at radius 2 is 1.94 bits per heavy atom. The zero-order valence-corrected chi connectivity index (χ0v) is 10.8. The Hall–Kier alpha value is -1.65. The molecule has 1 N–H and O–H groups in total. The number of rotatable bonds is 3. The molecule has 1 atom stereocenters. The normalized spacial score (nSPS) is 14.4. The van der Waals surface area contributed by atoms with Crippen molar-refractivity contribution in [2.24, 2.45) is 0 Å². The van der Waals surface area contributed by atoms with Gasteiger partial charge in [0.05, 0.1) is 5.69 Å². The van der Waals surface area contributed by atoms with E-state index < -0.39 is 18.7 Å². The summed E-state index contributed by atoms with van der Waals surface area (Å²) in [5, 5.41) is 2.76. The maximum Gasteiger partial charge on any atom is 0.284 e. The maximum absolute atomic E-state index is 12.8. The van der Waals surface area contributed by atoms with Crippen molar-refractivity contribution in [3.63, 3.8) is 0 Å². The molecule has 7 heteroatoms. The minimum atomic E-state index is -3.11. The summed E-state index contributed by atoms with van der Waals surface area (Å²) in [5.41, 5.74) is -0.00181. The van der Waals surface area contributed by atoms with Crippen LogP contribution in [-0.4, -0.2) is 23.6 Å². The molecule has 0 aliphatic heterocycles. The second kappa shape index (κ2) is 4.55. The fourth-order valence-corrected chi connectivity index (χ4v) is 2.47. The van der Waals surface area contributed by atoms with Crippen LogP contribution in [0.15, 0.2) is 35.3 Å². The van der Waals surface area contributed by atoms with E-state index in [0.29, 0.717) is 5.69 Å². The first-order chi connectivity index (χ1) is 8.45. The number of hydrogen-bond donors (Lipinski definition) is 1. The number of benzene rings is 1. The second-order valence-corrected chi connectivity index (χ2v) is 6.34. The third-order valence-electron chi connectivity index (χ3n) is 2.62. The highest BCUT2D eigenvalue weighted by molar-refractivity contribution is 7.66. The second-order valence-electron chi connectivity index (χ2n) is 3.80. The summed E-state index contributed by atoms with van der Waals surface area (Å²) >= 11 is 0. The minimum Gasteiger partial charge on any atom is -0.329 e. The Balaban J connectivity index is 2.53. The Kier molecular flexibility index (Phi) is 3.24. The van der Waals surface area contributed by atoms with Crippen LogP contribution in [0.5, 0.6) is 0 Å². The van der Waals surface area contributed by atoms with E-state index in [4.69, 9.17) is 4.52 Å². The minimum absolute atomic E-state index is 0.0781. The van der Waals surface area contributed by atoms with Gasteiger partial charge >= 0.3 is 0 Å². The molecule has 0 amide bonds. The molecule has 18 heavy (non-hydrogen) atoms. The maximum atomic E-state index is 12.8. The van der Waals surface area contributed by atoms with Gasteiger partial charge in [0.25, 0.3) is 5.56 Å². The third-order valence-corrected chi connectivity index (χ3v) is 4.52. The molecule has 96 valence electrons. The molecule has 0 saturated carbocycles. The lowest BCUT2D eigenvalue weighted by Gasteiger charge is -2.05. The number of H-pyrrole nitrogens is 1. The van der Waals surface area contributed by atoms with Crippen molar-refractivity contribution in [3.05, 3.63) is 46.6 Å². The fourth-order valence-electron chi connectivity index (χ4n) is 1.53. The topological polar surface area (TPSA) is 64.1 Å². The molecule has 0 aliphatic carbocycles. The van der Waals surface area contributed by atoms with Crippen LogP contribution < -0.4 is 10.9 Å². The highest BCUT2D eigenvalue weighted by atomic mass is 31.2. The van der Waals surface area contributed by atoms with Gasteiger partial charge in [-0.2, -0.15) is 0 Å². The van der Waals surface area contributed by atoms with Gasteiger partial charge in [-0.1, -0.05) is 0 Å². The zero-order chi connectivity index (χ0) is 13.3. The first-order valence-electron chi connectivity index (χ1n) is 5.16. The van der Waals surface area contributed by atoms with Gasteiger partial charge in [0.15, 0.2) is 0 Å². The fraction of sp³-hybridized carbons (Fsp3) is 0.182. The summed E-state index contributed by atoms with van der Waals surface area (Å²) in [6, 6.07) is 5.38. The summed E-state index contributed by atoms with van der Waals surface area (Å²) < 4.78 is 30.8. The van der Waals surface area contributed by atoms with Crippen LogP contribution in [0.1, 0.15) is 0 Å². The van der Waals surface area contributed by atoms with Gasteiger partial charge < -0.3 is 4.52 Å². The van der Waals surface area contributed by atoms with Gasteiger partial charge in [-0.25, -0.2) is 9.07 Å². The van der Waals surface area contributed by atoms with Gasteiger partial charge in [-0.05, 0) is 24.3 Å². The molecule has 2 rings (SSSR count). The van der Waals surface area contributed by atoms with Crippen LogP contribution in [0.3, 0.4) is 0 Å². The van der Waals surface area contributed by atoms with E-state index in [1.807, 2.05) is 0 Å². The van der Waals surface area contributed by atoms with Crippen LogP contribution in [-0.2, 0) is 9.09 Å². The first kappa shape index (κ1) is 12.8. The number of halogens is 1. The Bertz CT molecular complexity index is 660. The average molecular weight is 270 g/mol. The monoisotopic (exact) mass is 270 g/mol. The number of aromatic nitrogens is 2. The molecule has 1 unspecified atom stereocenters. The highest BCUT2D eigenvalue weighted by Crippen LogP contribution is 2.38. The lowest BCUT2D eigenvalue weighted by molar-refractivity contribution is 0.408. The molecular formula is C11H12FN2O3P. The number of aromatic amines is 1. The molecular weight excluding hydrogens is 258 g/mol. The summed E-state index contributed by atoms with van der Waals surface area (Å²) in [4.78, 5) is 12.0. The number of nitrogens with zero attached hydrogens (tertiary/aromatic N) is 1. The van der Waals surface area contributed by atoms with Crippen LogP contribution >= 0.6 is 7.37 Å². The van der Waals surface area contributed by atoms with Crippen molar-refractivity contribution in [3.8, 4) is 5.69 Å². The SMILES string of the molecule is COP(C)(=O)c1c[nH]n(-c2ccc(F)cc2)c1=O. The van der Waals surface area contributed by atoms with E-state index in [0.717, 1.165) is 0 Å². The van der Waals surface area contributed by atoms with Crippen LogP contribution in [0.4, 0.5) is 4.39 Å². The molecule has 5 nitrogen and oxygen atoms in total. The van der Waals surface area contributed by atoms with E-state index in [9.17, 15) is 13.8 Å². The van der Waals surface area contributed by atoms with Crippen molar-refractivity contribution in [2.75, 3.05) is 13.8 Å². The van der Waals surface area contributed by atoms with Crippen LogP contribution in [0.2, 0.25) is 0 Å². The van der Waals surface area contributed by atoms with Crippen molar-refractivity contribution in [2.45, 2.75) is 0 Å². The summed E-state index contributed by atoms with van der Waals surface area (Å²) in [6.07, 6.45) is 1.34. The molecule has 1 aromatic heterocycles. The van der Waals surface area contributed by atoms with E-state index in [1.165, 1.54) is 48.9 Å². The van der Waals surface area contributed by atoms with Gasteiger partial charge in [-0.15, -0.1) is 0 Å². The summed E-state index contributed by atoms with van der Waals surface area (Å²) in [5.74, 6) is -0.392. The average Bonchev–Trinajstić information content (AvgIpc) is 2.73. The quantitative estimate of drug-likeness (QED) is 0.859. The van der Waals surface area contributed by atoms with E-state index >= 15 is 0 Å².